The van der Waals surface area contributed by atoms with Gasteiger partial charge < -0.3 is 8.92 Å². The Kier molecular flexibility index (Phi) is 7.19. The predicted octanol–water partition coefficient (Wildman–Crippen LogP) is 4.37. The van der Waals surface area contributed by atoms with E-state index in [-0.39, 0.29) is 29.0 Å². The van der Waals surface area contributed by atoms with Gasteiger partial charge in [0.1, 0.15) is 10.5 Å². The number of fused-ring (bicyclic) bond motifs is 1. The van der Waals surface area contributed by atoms with Crippen LogP contribution in [0.25, 0.3) is 0 Å². The summed E-state index contributed by atoms with van der Waals surface area (Å²) in [6.07, 6.45) is 1.60. The van der Waals surface area contributed by atoms with Crippen LogP contribution < -0.4 is 4.18 Å². The van der Waals surface area contributed by atoms with Gasteiger partial charge in [0, 0.05) is 40.5 Å². The number of aryl methyl sites for hydroxylation is 2. The summed E-state index contributed by atoms with van der Waals surface area (Å²) in [6, 6.07) is 7.22. The number of benzene rings is 2. The number of hydrogen-bond acceptors (Lipinski definition) is 7. The topological polar surface area (TPSA) is 105 Å². The summed E-state index contributed by atoms with van der Waals surface area (Å²) < 4.78 is 51.0. The maximum atomic E-state index is 13.7. The van der Waals surface area contributed by atoms with Crippen molar-refractivity contribution in [2.45, 2.75) is 49.6 Å². The number of carbonyl (C=O) groups is 1. The molecule has 2 aromatic carbocycles. The number of aromatic nitrogens is 2. The number of carbonyl (C=O) groups excluding carboxylic acids is 1. The normalized spacial score (nSPS) is 17.7. The van der Waals surface area contributed by atoms with Crippen molar-refractivity contribution in [2.75, 3.05) is 12.9 Å². The number of nitrogens with zero attached hydrogens (tertiary/aromatic N) is 2. The number of ether oxygens (including phenoxy) is 1. The zero-order valence-corrected chi connectivity index (χ0v) is 22.1. The molecule has 0 aliphatic carbocycles. The second-order valence-corrected chi connectivity index (χ2v) is 11.7. The quantitative estimate of drug-likeness (QED) is 0.326. The molecule has 0 radical (unpaired) electrons. The minimum absolute atomic E-state index is 0.0118. The highest BCUT2D eigenvalue weighted by Gasteiger charge is 2.33. The minimum atomic E-state index is -4.26. The summed E-state index contributed by atoms with van der Waals surface area (Å²) in [5.41, 5.74) is 2.48. The molecule has 3 aromatic rings. The minimum Gasteiger partial charge on any atom is -0.377 e. The molecule has 0 saturated carbocycles. The monoisotopic (exact) mass is 536 g/mol. The van der Waals surface area contributed by atoms with Crippen LogP contribution in [0, 0.1) is 13.8 Å². The van der Waals surface area contributed by atoms with Gasteiger partial charge in [-0.2, -0.15) is 13.5 Å². The van der Waals surface area contributed by atoms with Crippen molar-refractivity contribution in [3.63, 3.8) is 0 Å². The second-order valence-electron chi connectivity index (χ2n) is 8.17. The van der Waals surface area contributed by atoms with E-state index in [4.69, 9.17) is 20.5 Å². The molecule has 0 fully saturated rings. The van der Waals surface area contributed by atoms with Gasteiger partial charge in [-0.25, -0.2) is 4.68 Å². The molecule has 2 unspecified atom stereocenters. The number of rotatable bonds is 7. The van der Waals surface area contributed by atoms with Crippen molar-refractivity contribution in [3.8, 4) is 5.88 Å². The van der Waals surface area contributed by atoms with E-state index in [1.54, 1.807) is 27.0 Å². The third-order valence-corrected chi connectivity index (χ3v) is 9.12. The van der Waals surface area contributed by atoms with E-state index in [0.29, 0.717) is 38.8 Å². The largest absolute Gasteiger partial charge is 0.377 e. The summed E-state index contributed by atoms with van der Waals surface area (Å²) in [7, 11) is -3.85. The van der Waals surface area contributed by atoms with Crippen molar-refractivity contribution in [2.24, 2.45) is 0 Å². The Morgan fingerprint density at radius 1 is 1.23 bits per heavy atom. The Labute approximate surface area is 211 Å². The van der Waals surface area contributed by atoms with Crippen LogP contribution in [-0.2, 0) is 32.2 Å². The molecule has 0 amide bonds. The molecule has 8 nitrogen and oxygen atoms in total. The third-order valence-electron chi connectivity index (χ3n) is 6.04. The Balaban J connectivity index is 1.81. The zero-order chi connectivity index (χ0) is 25.5. The summed E-state index contributed by atoms with van der Waals surface area (Å²) >= 11 is 5.87. The molecule has 2 atom stereocenters. The molecule has 0 spiro atoms. The molecule has 11 heteroatoms. The fraction of sp³-hybridized carbons (Fsp3) is 0.333. The Morgan fingerprint density at radius 3 is 2.54 bits per heavy atom. The molecular weight excluding hydrogens is 512 g/mol. The maximum Gasteiger partial charge on any atom is 0.340 e. The van der Waals surface area contributed by atoms with E-state index in [0.717, 1.165) is 5.56 Å². The molecular formula is C24H25ClN2O6S2. The van der Waals surface area contributed by atoms with E-state index >= 15 is 0 Å². The summed E-state index contributed by atoms with van der Waals surface area (Å²) in [5, 5.41) is 4.55. The van der Waals surface area contributed by atoms with E-state index in [2.05, 4.69) is 5.10 Å². The van der Waals surface area contributed by atoms with Crippen LogP contribution in [0.4, 0.5) is 0 Å². The highest BCUT2D eigenvalue weighted by Crippen LogP contribution is 2.39. The second kappa shape index (κ2) is 9.85. The van der Waals surface area contributed by atoms with Gasteiger partial charge in [-0.3, -0.25) is 9.00 Å². The third kappa shape index (κ3) is 4.67. The highest BCUT2D eigenvalue weighted by atomic mass is 35.5. The SMILES string of the molecule is CCn1ncc(C(=O)c2cc(C)c3c(c2C)C(OC)CCS3=O)c1OS(=O)(=O)c1ccc(Cl)cc1. The highest BCUT2D eigenvalue weighted by molar-refractivity contribution is 7.87. The zero-order valence-electron chi connectivity index (χ0n) is 19.7. The molecule has 1 aromatic heterocycles. The van der Waals surface area contributed by atoms with Crippen LogP contribution in [0.5, 0.6) is 5.88 Å². The van der Waals surface area contributed by atoms with Gasteiger partial charge in [-0.1, -0.05) is 11.6 Å². The van der Waals surface area contributed by atoms with Crippen LogP contribution in [0.2, 0.25) is 5.02 Å². The summed E-state index contributed by atoms with van der Waals surface area (Å²) in [4.78, 5) is 14.3. The molecule has 35 heavy (non-hydrogen) atoms. The lowest BCUT2D eigenvalue weighted by atomic mass is 9.90. The van der Waals surface area contributed by atoms with Gasteiger partial charge in [0.25, 0.3) is 0 Å². The van der Waals surface area contributed by atoms with Crippen LogP contribution >= 0.6 is 11.6 Å². The lowest BCUT2D eigenvalue weighted by molar-refractivity contribution is 0.0956. The number of halogens is 1. The number of methoxy groups -OCH3 is 1. The Hall–Kier alpha value is -2.53. The molecule has 0 N–H and O–H groups in total. The molecule has 0 bridgehead atoms. The molecule has 1 aliphatic rings. The van der Waals surface area contributed by atoms with Crippen molar-refractivity contribution >= 4 is 38.3 Å². The van der Waals surface area contributed by atoms with Crippen molar-refractivity contribution in [1.29, 1.82) is 0 Å². The van der Waals surface area contributed by atoms with Gasteiger partial charge >= 0.3 is 10.1 Å². The van der Waals surface area contributed by atoms with Crippen LogP contribution in [0.3, 0.4) is 0 Å². The van der Waals surface area contributed by atoms with Crippen LogP contribution in [0.1, 0.15) is 52.1 Å². The van der Waals surface area contributed by atoms with Gasteiger partial charge in [-0.05, 0) is 68.7 Å². The molecule has 1 aliphatic heterocycles. The van der Waals surface area contributed by atoms with E-state index in [9.17, 15) is 17.4 Å². The Bertz CT molecular complexity index is 1430. The average molecular weight is 537 g/mol. The first kappa shape index (κ1) is 25.6. The van der Waals surface area contributed by atoms with Crippen molar-refractivity contribution in [3.05, 3.63) is 69.4 Å². The van der Waals surface area contributed by atoms with Crippen molar-refractivity contribution in [1.82, 2.24) is 9.78 Å². The molecule has 186 valence electrons. The van der Waals surface area contributed by atoms with Crippen LogP contribution in [-0.4, -0.2) is 41.1 Å². The standard InChI is InChI=1S/C24H25ClN2O6S2/c1-5-27-24(33-35(30,31)17-8-6-16(25)7-9-17)19(13-26-27)22(28)18-12-14(2)23-21(15(18)3)20(32-4)10-11-34(23)29/h6-9,12-13,20H,5,10-11H2,1-4H3. The maximum absolute atomic E-state index is 13.7. The van der Waals surface area contributed by atoms with Gasteiger partial charge in [0.05, 0.1) is 23.1 Å². The lowest BCUT2D eigenvalue weighted by Gasteiger charge is -2.28. The van der Waals surface area contributed by atoms with E-state index < -0.39 is 26.7 Å². The first-order valence-electron chi connectivity index (χ1n) is 10.9. The number of ketones is 1. The lowest BCUT2D eigenvalue weighted by Crippen LogP contribution is -2.21. The van der Waals surface area contributed by atoms with Gasteiger partial charge in [0.15, 0.2) is 5.78 Å². The number of hydrogen-bond donors (Lipinski definition) is 0. The molecule has 2 heterocycles. The first-order valence-corrected chi connectivity index (χ1v) is 14.0. The van der Waals surface area contributed by atoms with E-state index in [1.165, 1.54) is 35.1 Å². The molecule has 4 rings (SSSR count). The predicted molar refractivity (Wildman–Crippen MR) is 132 cm³/mol. The Morgan fingerprint density at radius 2 is 1.91 bits per heavy atom. The summed E-state index contributed by atoms with van der Waals surface area (Å²) in [5.74, 6) is -0.127. The first-order chi connectivity index (χ1) is 16.6. The van der Waals surface area contributed by atoms with Gasteiger partial charge in [0.2, 0.25) is 5.88 Å². The average Bonchev–Trinajstić information content (AvgIpc) is 3.22. The fourth-order valence-electron chi connectivity index (χ4n) is 4.28. The fourth-order valence-corrected chi connectivity index (χ4v) is 6.94. The van der Waals surface area contributed by atoms with Gasteiger partial charge in [-0.15, -0.1) is 0 Å². The van der Waals surface area contributed by atoms with Crippen molar-refractivity contribution < 1.29 is 26.3 Å². The smallest absolute Gasteiger partial charge is 0.340 e. The van der Waals surface area contributed by atoms with Crippen LogP contribution in [0.15, 0.2) is 46.3 Å². The van der Waals surface area contributed by atoms with E-state index in [1.807, 2.05) is 6.92 Å². The molecule has 0 saturated heterocycles. The summed E-state index contributed by atoms with van der Waals surface area (Å²) in [6.45, 7) is 5.64.